The third-order valence-electron chi connectivity index (χ3n) is 5.42. The molecule has 1 amide bonds. The fraction of sp³-hybridized carbons (Fsp3) is 0.348. The molecular formula is C23H25FN4O2. The minimum atomic E-state index is -0.233. The molecule has 1 saturated heterocycles. The van der Waals surface area contributed by atoms with Gasteiger partial charge in [-0.3, -0.25) is 9.69 Å². The van der Waals surface area contributed by atoms with Gasteiger partial charge in [-0.05, 0) is 37.1 Å². The maximum atomic E-state index is 13.1. The molecule has 1 aromatic heterocycles. The largest absolute Gasteiger partial charge is 0.337 e. The Bertz CT molecular complexity index is 974. The van der Waals surface area contributed by atoms with E-state index < -0.39 is 0 Å². The SMILES string of the molecule is CN(Cc1nc(-c2ccccc2)no1)C(=O)[C@@H]1CCCN(Cc2ccc(F)cc2)C1. The number of nitrogens with zero attached hydrogens (tertiary/aromatic N) is 4. The molecule has 0 N–H and O–H groups in total. The Morgan fingerprint density at radius 3 is 2.73 bits per heavy atom. The number of hydrogen-bond acceptors (Lipinski definition) is 5. The fourth-order valence-electron chi connectivity index (χ4n) is 3.86. The number of aromatic nitrogens is 2. The van der Waals surface area contributed by atoms with E-state index in [-0.39, 0.29) is 24.2 Å². The standard InChI is InChI=1S/C23H25FN4O2/c1-27(16-21-25-22(26-30-21)18-6-3-2-4-7-18)23(29)19-8-5-13-28(15-19)14-17-9-11-20(24)12-10-17/h2-4,6-7,9-12,19H,5,8,13-16H2,1H3/t19-/m1/s1. The second-order valence-electron chi connectivity index (χ2n) is 7.77. The number of benzene rings is 2. The van der Waals surface area contributed by atoms with Crippen molar-refractivity contribution in [2.75, 3.05) is 20.1 Å². The van der Waals surface area contributed by atoms with E-state index in [4.69, 9.17) is 4.52 Å². The van der Waals surface area contributed by atoms with Gasteiger partial charge in [0.15, 0.2) is 0 Å². The van der Waals surface area contributed by atoms with Crippen LogP contribution in [0.1, 0.15) is 24.3 Å². The lowest BCUT2D eigenvalue weighted by Crippen LogP contribution is -2.43. The Kier molecular flexibility index (Phi) is 6.18. The summed E-state index contributed by atoms with van der Waals surface area (Å²) >= 11 is 0. The highest BCUT2D eigenvalue weighted by atomic mass is 19.1. The van der Waals surface area contributed by atoms with Crippen LogP contribution >= 0.6 is 0 Å². The van der Waals surface area contributed by atoms with Crippen LogP contribution in [-0.2, 0) is 17.9 Å². The summed E-state index contributed by atoms with van der Waals surface area (Å²) in [5, 5.41) is 4.02. The Morgan fingerprint density at radius 1 is 1.20 bits per heavy atom. The fourth-order valence-corrected chi connectivity index (χ4v) is 3.86. The summed E-state index contributed by atoms with van der Waals surface area (Å²) in [4.78, 5) is 21.3. The first-order chi connectivity index (χ1) is 14.6. The van der Waals surface area contributed by atoms with Gasteiger partial charge in [0.25, 0.3) is 0 Å². The Balaban J connectivity index is 1.34. The molecule has 156 valence electrons. The van der Waals surface area contributed by atoms with Crippen molar-refractivity contribution in [1.82, 2.24) is 19.9 Å². The molecule has 1 fully saturated rings. The lowest BCUT2D eigenvalue weighted by molar-refractivity contribution is -0.137. The lowest BCUT2D eigenvalue weighted by Gasteiger charge is -2.33. The number of halogens is 1. The molecule has 30 heavy (non-hydrogen) atoms. The zero-order chi connectivity index (χ0) is 20.9. The molecule has 6 nitrogen and oxygen atoms in total. The average molecular weight is 408 g/mol. The summed E-state index contributed by atoms with van der Waals surface area (Å²) in [6, 6.07) is 16.2. The number of likely N-dealkylation sites (tertiary alicyclic amines) is 1. The predicted octanol–water partition coefficient (Wildman–Crippen LogP) is 3.75. The number of rotatable bonds is 6. The van der Waals surface area contributed by atoms with Crippen molar-refractivity contribution in [3.05, 3.63) is 71.9 Å². The minimum Gasteiger partial charge on any atom is -0.337 e. The summed E-state index contributed by atoms with van der Waals surface area (Å²) < 4.78 is 18.5. The number of amides is 1. The van der Waals surface area contributed by atoms with Crippen LogP contribution in [-0.4, -0.2) is 46.0 Å². The average Bonchev–Trinajstić information content (AvgIpc) is 3.24. The highest BCUT2D eigenvalue weighted by Crippen LogP contribution is 2.22. The van der Waals surface area contributed by atoms with Gasteiger partial charge in [0.2, 0.25) is 17.6 Å². The van der Waals surface area contributed by atoms with E-state index in [1.165, 1.54) is 12.1 Å². The van der Waals surface area contributed by atoms with Crippen molar-refractivity contribution < 1.29 is 13.7 Å². The zero-order valence-electron chi connectivity index (χ0n) is 17.0. The van der Waals surface area contributed by atoms with Gasteiger partial charge in [-0.1, -0.05) is 47.6 Å². The number of carbonyl (C=O) groups is 1. The third-order valence-corrected chi connectivity index (χ3v) is 5.42. The van der Waals surface area contributed by atoms with Crippen LogP contribution in [0.2, 0.25) is 0 Å². The van der Waals surface area contributed by atoms with Gasteiger partial charge in [-0.25, -0.2) is 4.39 Å². The summed E-state index contributed by atoms with van der Waals surface area (Å²) in [6.45, 7) is 2.64. The lowest BCUT2D eigenvalue weighted by atomic mass is 9.96. The highest BCUT2D eigenvalue weighted by Gasteiger charge is 2.28. The van der Waals surface area contributed by atoms with Crippen LogP contribution < -0.4 is 0 Å². The van der Waals surface area contributed by atoms with E-state index in [1.807, 2.05) is 30.3 Å². The summed E-state index contributed by atoms with van der Waals surface area (Å²) in [6.07, 6.45) is 1.83. The van der Waals surface area contributed by atoms with Crippen molar-refractivity contribution in [3.63, 3.8) is 0 Å². The molecular weight excluding hydrogens is 383 g/mol. The molecule has 0 unspecified atom stereocenters. The normalized spacial score (nSPS) is 17.1. The maximum Gasteiger partial charge on any atom is 0.246 e. The summed E-state index contributed by atoms with van der Waals surface area (Å²) in [7, 11) is 1.77. The highest BCUT2D eigenvalue weighted by molar-refractivity contribution is 5.78. The van der Waals surface area contributed by atoms with Crippen LogP contribution in [0.5, 0.6) is 0 Å². The van der Waals surface area contributed by atoms with Crippen LogP contribution in [0.4, 0.5) is 4.39 Å². The molecule has 7 heteroatoms. The van der Waals surface area contributed by atoms with Crippen molar-refractivity contribution in [1.29, 1.82) is 0 Å². The van der Waals surface area contributed by atoms with Gasteiger partial charge in [-0.2, -0.15) is 4.98 Å². The van der Waals surface area contributed by atoms with Gasteiger partial charge < -0.3 is 9.42 Å². The minimum absolute atomic E-state index is 0.0688. The molecule has 0 radical (unpaired) electrons. The summed E-state index contributed by atoms with van der Waals surface area (Å²) in [5.41, 5.74) is 1.93. The molecule has 4 rings (SSSR count). The zero-order valence-corrected chi connectivity index (χ0v) is 17.0. The van der Waals surface area contributed by atoms with Gasteiger partial charge in [-0.15, -0.1) is 0 Å². The van der Waals surface area contributed by atoms with Crippen LogP contribution in [0.3, 0.4) is 0 Å². The molecule has 2 heterocycles. The first kappa shape index (κ1) is 20.2. The Labute approximate surface area is 175 Å². The number of piperidine rings is 1. The number of carbonyl (C=O) groups excluding carboxylic acids is 1. The van der Waals surface area contributed by atoms with E-state index in [0.29, 0.717) is 18.3 Å². The molecule has 2 aromatic carbocycles. The second-order valence-corrected chi connectivity index (χ2v) is 7.77. The third kappa shape index (κ3) is 4.91. The molecule has 0 spiro atoms. The van der Waals surface area contributed by atoms with Crippen molar-refractivity contribution in [3.8, 4) is 11.4 Å². The molecule has 0 bridgehead atoms. The smallest absolute Gasteiger partial charge is 0.246 e. The van der Waals surface area contributed by atoms with Crippen molar-refractivity contribution in [2.24, 2.45) is 5.92 Å². The van der Waals surface area contributed by atoms with Gasteiger partial charge in [0.05, 0.1) is 12.5 Å². The van der Waals surface area contributed by atoms with Gasteiger partial charge >= 0.3 is 0 Å². The topological polar surface area (TPSA) is 62.5 Å². The monoisotopic (exact) mass is 408 g/mol. The van der Waals surface area contributed by atoms with Crippen LogP contribution in [0, 0.1) is 11.7 Å². The summed E-state index contributed by atoms with van der Waals surface area (Å²) in [5.74, 6) is 0.723. The molecule has 1 atom stereocenters. The van der Waals surface area contributed by atoms with E-state index >= 15 is 0 Å². The quantitative estimate of drug-likeness (QED) is 0.622. The van der Waals surface area contributed by atoms with E-state index in [0.717, 1.165) is 37.1 Å². The van der Waals surface area contributed by atoms with E-state index in [2.05, 4.69) is 15.0 Å². The first-order valence-corrected chi connectivity index (χ1v) is 10.2. The molecule has 0 aliphatic carbocycles. The predicted molar refractivity (Wildman–Crippen MR) is 111 cm³/mol. The molecule has 1 aliphatic heterocycles. The van der Waals surface area contributed by atoms with E-state index in [9.17, 15) is 9.18 Å². The van der Waals surface area contributed by atoms with Crippen LogP contribution in [0.25, 0.3) is 11.4 Å². The second kappa shape index (κ2) is 9.17. The maximum absolute atomic E-state index is 13.1. The van der Waals surface area contributed by atoms with Crippen molar-refractivity contribution in [2.45, 2.75) is 25.9 Å². The van der Waals surface area contributed by atoms with Gasteiger partial charge in [0, 0.05) is 25.7 Å². The van der Waals surface area contributed by atoms with Crippen molar-refractivity contribution >= 4 is 5.91 Å². The van der Waals surface area contributed by atoms with Gasteiger partial charge in [0.1, 0.15) is 5.82 Å². The Morgan fingerprint density at radius 2 is 1.97 bits per heavy atom. The first-order valence-electron chi connectivity index (χ1n) is 10.2. The number of hydrogen-bond donors (Lipinski definition) is 0. The molecule has 3 aromatic rings. The molecule has 0 saturated carbocycles. The Hall–Kier alpha value is -3.06. The molecule has 1 aliphatic rings. The van der Waals surface area contributed by atoms with Crippen LogP contribution in [0.15, 0.2) is 59.1 Å². The van der Waals surface area contributed by atoms with E-state index in [1.54, 1.807) is 24.1 Å².